The standard InChI is InChI=1S/C20H19F2N3O2/c1-12-4-2-5-13(8-12)9-14(11-26)24-20(27)15-10-23-25-19(15)18-16(21)6-3-7-17(18)22/h2-8,10,14,26H,9,11H2,1H3,(H,23,25)(H,24,27). The van der Waals surface area contributed by atoms with Crippen LogP contribution in [0.5, 0.6) is 0 Å². The number of carbonyl (C=O) groups is 1. The number of hydrogen-bond donors (Lipinski definition) is 3. The largest absolute Gasteiger partial charge is 0.394 e. The number of benzene rings is 2. The molecule has 27 heavy (non-hydrogen) atoms. The van der Waals surface area contributed by atoms with Crippen LogP contribution in [0.2, 0.25) is 0 Å². The van der Waals surface area contributed by atoms with Gasteiger partial charge >= 0.3 is 0 Å². The molecular weight excluding hydrogens is 352 g/mol. The maximum atomic E-state index is 14.1. The molecule has 0 aliphatic rings. The maximum Gasteiger partial charge on any atom is 0.255 e. The van der Waals surface area contributed by atoms with Crippen LogP contribution in [0.25, 0.3) is 11.3 Å². The summed E-state index contributed by atoms with van der Waals surface area (Å²) < 4.78 is 28.1. The number of amides is 1. The van der Waals surface area contributed by atoms with E-state index in [0.717, 1.165) is 23.3 Å². The average molecular weight is 371 g/mol. The number of aromatic nitrogens is 2. The fraction of sp³-hybridized carbons (Fsp3) is 0.200. The van der Waals surface area contributed by atoms with Gasteiger partial charge in [0.25, 0.3) is 5.91 Å². The van der Waals surface area contributed by atoms with Crippen molar-refractivity contribution in [3.8, 4) is 11.3 Å². The second kappa shape index (κ2) is 8.09. The van der Waals surface area contributed by atoms with Gasteiger partial charge in [-0.3, -0.25) is 9.89 Å². The summed E-state index contributed by atoms with van der Waals surface area (Å²) >= 11 is 0. The van der Waals surface area contributed by atoms with E-state index >= 15 is 0 Å². The van der Waals surface area contributed by atoms with Crippen molar-refractivity contribution in [3.63, 3.8) is 0 Å². The van der Waals surface area contributed by atoms with Crippen molar-refractivity contribution in [2.24, 2.45) is 0 Å². The van der Waals surface area contributed by atoms with Crippen molar-refractivity contribution in [1.29, 1.82) is 0 Å². The molecule has 140 valence electrons. The van der Waals surface area contributed by atoms with Crippen LogP contribution >= 0.6 is 0 Å². The third-order valence-electron chi connectivity index (χ3n) is 4.22. The van der Waals surface area contributed by atoms with E-state index in [4.69, 9.17) is 0 Å². The fourth-order valence-electron chi connectivity index (χ4n) is 2.93. The van der Waals surface area contributed by atoms with Gasteiger partial charge in [-0.25, -0.2) is 8.78 Å². The third-order valence-corrected chi connectivity index (χ3v) is 4.22. The lowest BCUT2D eigenvalue weighted by Crippen LogP contribution is -2.39. The SMILES string of the molecule is Cc1cccc(CC(CO)NC(=O)c2cn[nH]c2-c2c(F)cccc2F)c1. The molecule has 1 aromatic heterocycles. The first-order valence-electron chi connectivity index (χ1n) is 8.44. The van der Waals surface area contributed by atoms with E-state index in [-0.39, 0.29) is 23.4 Å². The van der Waals surface area contributed by atoms with Gasteiger partial charge in [0.15, 0.2) is 0 Å². The van der Waals surface area contributed by atoms with E-state index in [9.17, 15) is 18.7 Å². The minimum atomic E-state index is -0.799. The smallest absolute Gasteiger partial charge is 0.255 e. The Morgan fingerprint density at radius 3 is 2.59 bits per heavy atom. The molecule has 0 aliphatic heterocycles. The molecule has 3 N–H and O–H groups in total. The first-order valence-corrected chi connectivity index (χ1v) is 8.44. The summed E-state index contributed by atoms with van der Waals surface area (Å²) in [5, 5.41) is 18.5. The van der Waals surface area contributed by atoms with Crippen molar-refractivity contribution >= 4 is 5.91 Å². The van der Waals surface area contributed by atoms with Gasteiger partial charge in [-0.05, 0) is 31.0 Å². The zero-order chi connectivity index (χ0) is 19.4. The van der Waals surface area contributed by atoms with Gasteiger partial charge in [0.1, 0.15) is 11.6 Å². The van der Waals surface area contributed by atoms with Crippen molar-refractivity contribution in [2.45, 2.75) is 19.4 Å². The molecule has 0 fully saturated rings. The number of H-pyrrole nitrogens is 1. The Kier molecular flexibility index (Phi) is 5.61. The zero-order valence-electron chi connectivity index (χ0n) is 14.7. The third kappa shape index (κ3) is 4.20. The number of nitrogens with zero attached hydrogens (tertiary/aromatic N) is 1. The summed E-state index contributed by atoms with van der Waals surface area (Å²) in [6.07, 6.45) is 1.63. The normalized spacial score (nSPS) is 12.0. The molecule has 0 aliphatic carbocycles. The molecule has 0 saturated heterocycles. The maximum absolute atomic E-state index is 14.1. The fourth-order valence-corrected chi connectivity index (χ4v) is 2.93. The summed E-state index contributed by atoms with van der Waals surface area (Å²) in [7, 11) is 0. The number of hydrogen-bond acceptors (Lipinski definition) is 3. The van der Waals surface area contributed by atoms with Gasteiger partial charge in [0, 0.05) is 0 Å². The van der Waals surface area contributed by atoms with Crippen LogP contribution in [-0.4, -0.2) is 33.9 Å². The number of aromatic amines is 1. The van der Waals surface area contributed by atoms with Crippen LogP contribution < -0.4 is 5.32 Å². The van der Waals surface area contributed by atoms with Crippen LogP contribution in [0.15, 0.2) is 48.7 Å². The quantitative estimate of drug-likeness (QED) is 0.623. The lowest BCUT2D eigenvalue weighted by Gasteiger charge is -2.17. The Hall–Kier alpha value is -3.06. The molecule has 5 nitrogen and oxygen atoms in total. The predicted molar refractivity (Wildman–Crippen MR) is 97.2 cm³/mol. The first-order chi connectivity index (χ1) is 13.0. The number of rotatable bonds is 6. The Labute approximate surface area is 155 Å². The number of aryl methyl sites for hydroxylation is 1. The number of aliphatic hydroxyl groups is 1. The first kappa shape index (κ1) is 18.7. The highest BCUT2D eigenvalue weighted by atomic mass is 19.1. The Balaban J connectivity index is 1.81. The van der Waals surface area contributed by atoms with E-state index < -0.39 is 23.6 Å². The highest BCUT2D eigenvalue weighted by molar-refractivity contribution is 6.00. The van der Waals surface area contributed by atoms with Crippen molar-refractivity contribution in [3.05, 3.63) is 77.0 Å². The second-order valence-corrected chi connectivity index (χ2v) is 6.30. The van der Waals surface area contributed by atoms with E-state index in [1.165, 1.54) is 12.3 Å². The summed E-state index contributed by atoms with van der Waals surface area (Å²) in [6.45, 7) is 1.68. The highest BCUT2D eigenvalue weighted by Crippen LogP contribution is 2.27. The number of carbonyl (C=O) groups excluding carboxylic acids is 1. The monoisotopic (exact) mass is 371 g/mol. The molecule has 0 saturated carbocycles. The average Bonchev–Trinajstić information content (AvgIpc) is 3.10. The van der Waals surface area contributed by atoms with Gasteiger partial charge in [0.2, 0.25) is 0 Å². The minimum absolute atomic E-state index is 0.00157. The van der Waals surface area contributed by atoms with Gasteiger partial charge in [-0.2, -0.15) is 5.10 Å². The molecule has 1 amide bonds. The number of nitrogens with one attached hydrogen (secondary N) is 2. The van der Waals surface area contributed by atoms with Gasteiger partial charge in [0.05, 0.1) is 35.7 Å². The molecule has 1 unspecified atom stereocenters. The van der Waals surface area contributed by atoms with Crippen molar-refractivity contribution < 1.29 is 18.7 Å². The summed E-state index contributed by atoms with van der Waals surface area (Å²) in [6, 6.07) is 10.6. The summed E-state index contributed by atoms with van der Waals surface area (Å²) in [5.41, 5.74) is 1.64. The Bertz CT molecular complexity index is 936. The Morgan fingerprint density at radius 1 is 1.22 bits per heavy atom. The highest BCUT2D eigenvalue weighted by Gasteiger charge is 2.22. The molecule has 3 aromatic rings. The lowest BCUT2D eigenvalue weighted by molar-refractivity contribution is 0.0917. The minimum Gasteiger partial charge on any atom is -0.394 e. The van der Waals surface area contributed by atoms with E-state index in [2.05, 4.69) is 15.5 Å². The van der Waals surface area contributed by atoms with Gasteiger partial charge in [-0.15, -0.1) is 0 Å². The zero-order valence-corrected chi connectivity index (χ0v) is 14.7. The van der Waals surface area contributed by atoms with Crippen molar-refractivity contribution in [2.75, 3.05) is 6.61 Å². The van der Waals surface area contributed by atoms with Crippen LogP contribution in [0.4, 0.5) is 8.78 Å². The van der Waals surface area contributed by atoms with E-state index in [0.29, 0.717) is 6.42 Å². The molecule has 3 rings (SSSR count). The van der Waals surface area contributed by atoms with E-state index in [1.54, 1.807) is 0 Å². The molecule has 0 radical (unpaired) electrons. The molecule has 0 spiro atoms. The van der Waals surface area contributed by atoms with Crippen LogP contribution in [0.1, 0.15) is 21.5 Å². The summed E-state index contributed by atoms with van der Waals surface area (Å²) in [4.78, 5) is 12.6. The molecular formula is C20H19F2N3O2. The molecule has 2 aromatic carbocycles. The van der Waals surface area contributed by atoms with Gasteiger partial charge in [-0.1, -0.05) is 35.9 Å². The van der Waals surface area contributed by atoms with Crippen LogP contribution in [-0.2, 0) is 6.42 Å². The molecule has 7 heteroatoms. The molecule has 1 atom stereocenters. The number of halogens is 2. The van der Waals surface area contributed by atoms with Crippen LogP contribution in [0.3, 0.4) is 0 Å². The van der Waals surface area contributed by atoms with Crippen LogP contribution in [0, 0.1) is 18.6 Å². The summed E-state index contributed by atoms with van der Waals surface area (Å²) in [5.74, 6) is -2.17. The predicted octanol–water partition coefficient (Wildman–Crippen LogP) is 3.00. The van der Waals surface area contributed by atoms with Gasteiger partial charge < -0.3 is 10.4 Å². The molecule has 1 heterocycles. The Morgan fingerprint density at radius 2 is 1.93 bits per heavy atom. The van der Waals surface area contributed by atoms with Crippen molar-refractivity contribution in [1.82, 2.24) is 15.5 Å². The lowest BCUT2D eigenvalue weighted by atomic mass is 10.0. The second-order valence-electron chi connectivity index (χ2n) is 6.30. The topological polar surface area (TPSA) is 78.0 Å². The van der Waals surface area contributed by atoms with E-state index in [1.807, 2.05) is 31.2 Å². The number of aliphatic hydroxyl groups excluding tert-OH is 1. The molecule has 0 bridgehead atoms.